The zero-order valence-corrected chi connectivity index (χ0v) is 12.8. The molecule has 0 bridgehead atoms. The molecule has 1 aromatic carbocycles. The first kappa shape index (κ1) is 14.5. The SMILES string of the molecule is COc1ncc(Cc2cnccn2)cc1-c1cccc(Cl)c1. The number of pyridine rings is 1. The third-order valence-electron chi connectivity index (χ3n) is 3.24. The largest absolute Gasteiger partial charge is 0.481 e. The van der Waals surface area contributed by atoms with Crippen molar-refractivity contribution in [3.63, 3.8) is 0 Å². The Kier molecular flexibility index (Phi) is 4.30. The van der Waals surface area contributed by atoms with Crippen LogP contribution in [0.1, 0.15) is 11.3 Å². The van der Waals surface area contributed by atoms with Gasteiger partial charge in [-0.1, -0.05) is 23.7 Å². The van der Waals surface area contributed by atoms with Crippen LogP contribution < -0.4 is 4.74 Å². The molecule has 3 rings (SSSR count). The number of hydrogen-bond acceptors (Lipinski definition) is 4. The monoisotopic (exact) mass is 311 g/mol. The molecule has 0 aliphatic rings. The molecule has 0 N–H and O–H groups in total. The highest BCUT2D eigenvalue weighted by molar-refractivity contribution is 6.30. The number of rotatable bonds is 4. The van der Waals surface area contributed by atoms with E-state index in [4.69, 9.17) is 16.3 Å². The van der Waals surface area contributed by atoms with Gasteiger partial charge in [0.2, 0.25) is 5.88 Å². The molecule has 0 radical (unpaired) electrons. The molecule has 3 aromatic rings. The minimum absolute atomic E-state index is 0.574. The van der Waals surface area contributed by atoms with Crippen molar-refractivity contribution in [3.8, 4) is 17.0 Å². The van der Waals surface area contributed by atoms with E-state index in [1.54, 1.807) is 31.9 Å². The molecular weight excluding hydrogens is 298 g/mol. The van der Waals surface area contributed by atoms with Crippen LogP contribution in [0, 0.1) is 0 Å². The van der Waals surface area contributed by atoms with Gasteiger partial charge in [-0.15, -0.1) is 0 Å². The second kappa shape index (κ2) is 6.54. The van der Waals surface area contributed by atoms with E-state index in [1.165, 1.54) is 0 Å². The second-order valence-corrected chi connectivity index (χ2v) is 5.22. The third-order valence-corrected chi connectivity index (χ3v) is 3.47. The summed E-state index contributed by atoms with van der Waals surface area (Å²) in [6.07, 6.45) is 7.56. The number of ether oxygens (including phenoxy) is 1. The van der Waals surface area contributed by atoms with Crippen molar-refractivity contribution in [1.82, 2.24) is 15.0 Å². The van der Waals surface area contributed by atoms with Crippen LogP contribution >= 0.6 is 11.6 Å². The van der Waals surface area contributed by atoms with Gasteiger partial charge in [-0.2, -0.15) is 0 Å². The van der Waals surface area contributed by atoms with E-state index < -0.39 is 0 Å². The van der Waals surface area contributed by atoms with Gasteiger partial charge in [0.1, 0.15) is 0 Å². The summed E-state index contributed by atoms with van der Waals surface area (Å²) in [5.74, 6) is 0.574. The van der Waals surface area contributed by atoms with Gasteiger partial charge in [-0.25, -0.2) is 4.98 Å². The Hall–Kier alpha value is -2.46. The molecule has 0 saturated heterocycles. The Morgan fingerprint density at radius 1 is 1.09 bits per heavy atom. The van der Waals surface area contributed by atoms with Gasteiger partial charge in [0.25, 0.3) is 0 Å². The summed E-state index contributed by atoms with van der Waals surface area (Å²) in [5.41, 5.74) is 3.81. The summed E-state index contributed by atoms with van der Waals surface area (Å²) < 4.78 is 5.36. The van der Waals surface area contributed by atoms with E-state index in [0.717, 1.165) is 22.4 Å². The quantitative estimate of drug-likeness (QED) is 0.735. The molecule has 0 aliphatic heterocycles. The molecule has 4 nitrogen and oxygen atoms in total. The number of hydrogen-bond donors (Lipinski definition) is 0. The first-order valence-electron chi connectivity index (χ1n) is 6.80. The molecule has 2 aromatic heterocycles. The van der Waals surface area contributed by atoms with Gasteiger partial charge in [-0.3, -0.25) is 9.97 Å². The highest BCUT2D eigenvalue weighted by atomic mass is 35.5. The van der Waals surface area contributed by atoms with Gasteiger partial charge in [-0.05, 0) is 29.3 Å². The third kappa shape index (κ3) is 3.23. The van der Waals surface area contributed by atoms with Gasteiger partial charge < -0.3 is 4.74 Å². The molecule has 0 saturated carbocycles. The fraction of sp³-hybridized carbons (Fsp3) is 0.118. The lowest BCUT2D eigenvalue weighted by molar-refractivity contribution is 0.399. The molecule has 22 heavy (non-hydrogen) atoms. The highest BCUT2D eigenvalue weighted by Gasteiger charge is 2.10. The molecular formula is C17H14ClN3O. The number of aromatic nitrogens is 3. The summed E-state index contributed by atoms with van der Waals surface area (Å²) in [6, 6.07) is 9.68. The van der Waals surface area contributed by atoms with Crippen LogP contribution in [0.3, 0.4) is 0 Å². The van der Waals surface area contributed by atoms with Crippen molar-refractivity contribution < 1.29 is 4.74 Å². The topological polar surface area (TPSA) is 47.9 Å². The first-order valence-corrected chi connectivity index (χ1v) is 7.18. The van der Waals surface area contributed by atoms with Crippen molar-refractivity contribution in [3.05, 3.63) is 71.4 Å². The fourth-order valence-electron chi connectivity index (χ4n) is 2.25. The van der Waals surface area contributed by atoms with E-state index in [1.807, 2.05) is 30.3 Å². The number of nitrogens with zero attached hydrogens (tertiary/aromatic N) is 3. The van der Waals surface area contributed by atoms with Crippen molar-refractivity contribution in [2.45, 2.75) is 6.42 Å². The predicted octanol–water partition coefficient (Wildman–Crippen LogP) is 3.79. The average Bonchev–Trinajstić information content (AvgIpc) is 2.56. The van der Waals surface area contributed by atoms with Crippen LogP contribution in [0.2, 0.25) is 5.02 Å². The summed E-state index contributed by atoms with van der Waals surface area (Å²) >= 11 is 6.08. The number of halogens is 1. The maximum absolute atomic E-state index is 6.08. The minimum Gasteiger partial charge on any atom is -0.481 e. The Balaban J connectivity index is 1.99. The summed E-state index contributed by atoms with van der Waals surface area (Å²) in [7, 11) is 1.61. The smallest absolute Gasteiger partial charge is 0.221 e. The zero-order chi connectivity index (χ0) is 15.4. The van der Waals surface area contributed by atoms with Crippen LogP contribution in [-0.4, -0.2) is 22.1 Å². The molecule has 0 spiro atoms. The minimum atomic E-state index is 0.574. The lowest BCUT2D eigenvalue weighted by atomic mass is 10.0. The lowest BCUT2D eigenvalue weighted by Crippen LogP contribution is -1.97. The Bertz CT molecular complexity index is 778. The van der Waals surface area contributed by atoms with Crippen molar-refractivity contribution >= 4 is 11.6 Å². The molecule has 0 atom stereocenters. The van der Waals surface area contributed by atoms with Crippen molar-refractivity contribution in [2.75, 3.05) is 7.11 Å². The summed E-state index contributed by atoms with van der Waals surface area (Å²) in [6.45, 7) is 0. The van der Waals surface area contributed by atoms with E-state index >= 15 is 0 Å². The van der Waals surface area contributed by atoms with E-state index in [-0.39, 0.29) is 0 Å². The van der Waals surface area contributed by atoms with Crippen molar-refractivity contribution in [1.29, 1.82) is 0 Å². The zero-order valence-electron chi connectivity index (χ0n) is 12.0. The van der Waals surface area contributed by atoms with E-state index in [9.17, 15) is 0 Å². The van der Waals surface area contributed by atoms with Crippen LogP contribution in [0.15, 0.2) is 55.1 Å². The maximum Gasteiger partial charge on any atom is 0.221 e. The fourth-order valence-corrected chi connectivity index (χ4v) is 2.44. The van der Waals surface area contributed by atoms with Gasteiger partial charge >= 0.3 is 0 Å². The average molecular weight is 312 g/mol. The summed E-state index contributed by atoms with van der Waals surface area (Å²) in [5, 5.41) is 0.680. The van der Waals surface area contributed by atoms with Crippen LogP contribution in [0.25, 0.3) is 11.1 Å². The van der Waals surface area contributed by atoms with Gasteiger partial charge in [0.05, 0.1) is 12.8 Å². The number of benzene rings is 1. The van der Waals surface area contributed by atoms with E-state index in [2.05, 4.69) is 15.0 Å². The molecule has 5 heteroatoms. The maximum atomic E-state index is 6.08. The lowest BCUT2D eigenvalue weighted by Gasteiger charge is -2.10. The van der Waals surface area contributed by atoms with Crippen LogP contribution in [0.5, 0.6) is 5.88 Å². The van der Waals surface area contributed by atoms with Gasteiger partial charge in [0, 0.05) is 41.8 Å². The normalized spacial score (nSPS) is 10.5. The Morgan fingerprint density at radius 2 is 2.00 bits per heavy atom. The van der Waals surface area contributed by atoms with Gasteiger partial charge in [0.15, 0.2) is 0 Å². The molecule has 0 unspecified atom stereocenters. The Morgan fingerprint density at radius 3 is 2.73 bits per heavy atom. The first-order chi connectivity index (χ1) is 10.8. The van der Waals surface area contributed by atoms with Crippen LogP contribution in [-0.2, 0) is 6.42 Å². The number of methoxy groups -OCH3 is 1. The van der Waals surface area contributed by atoms with E-state index in [0.29, 0.717) is 17.3 Å². The highest BCUT2D eigenvalue weighted by Crippen LogP contribution is 2.30. The van der Waals surface area contributed by atoms with Crippen LogP contribution in [0.4, 0.5) is 0 Å². The molecule has 0 aliphatic carbocycles. The second-order valence-electron chi connectivity index (χ2n) is 4.78. The molecule has 0 amide bonds. The molecule has 110 valence electrons. The molecule has 0 fully saturated rings. The summed E-state index contributed by atoms with van der Waals surface area (Å²) in [4.78, 5) is 12.8. The Labute approximate surface area is 133 Å². The standard InChI is InChI=1S/C17H14ClN3O/c1-22-17-16(13-3-2-4-14(18)9-13)8-12(10-21-17)7-15-11-19-5-6-20-15/h2-6,8-11H,7H2,1H3. The van der Waals surface area contributed by atoms with Crippen molar-refractivity contribution in [2.24, 2.45) is 0 Å². The molecule has 2 heterocycles. The predicted molar refractivity (Wildman–Crippen MR) is 86.1 cm³/mol.